The number of unbranched alkanes of at least 4 members (excludes halogenated alkanes) is 1. The van der Waals surface area contributed by atoms with Crippen LogP contribution in [0.4, 0.5) is 0 Å². The molecule has 23 heavy (non-hydrogen) atoms. The lowest BCUT2D eigenvalue weighted by Gasteiger charge is -2.24. The highest BCUT2D eigenvalue weighted by molar-refractivity contribution is 14.0. The van der Waals surface area contributed by atoms with Crippen molar-refractivity contribution in [2.24, 2.45) is 10.4 Å². The van der Waals surface area contributed by atoms with Gasteiger partial charge in [0.05, 0.1) is 5.41 Å². The highest BCUT2D eigenvalue weighted by Crippen LogP contribution is 2.13. The number of ether oxygens (including phenoxy) is 1. The number of carbonyl (C=O) groups is 1. The molecule has 138 valence electrons. The Kier molecular flexibility index (Phi) is 16.1. The van der Waals surface area contributed by atoms with Gasteiger partial charge >= 0.3 is 0 Å². The monoisotopic (exact) mass is 442 g/mol. The second-order valence-electron chi connectivity index (χ2n) is 5.92. The van der Waals surface area contributed by atoms with E-state index in [1.165, 1.54) is 0 Å². The number of nitrogens with zero attached hydrogens (tertiary/aromatic N) is 1. The van der Waals surface area contributed by atoms with E-state index in [0.717, 1.165) is 39.0 Å². The first-order chi connectivity index (χ1) is 10.5. The first-order valence-corrected chi connectivity index (χ1v) is 8.28. The minimum Gasteiger partial charge on any atom is -0.381 e. The minimum atomic E-state index is -0.475. The number of amides is 1. The molecule has 0 unspecified atom stereocenters. The Morgan fingerprint density at radius 2 is 1.74 bits per heavy atom. The van der Waals surface area contributed by atoms with E-state index < -0.39 is 5.41 Å². The molecular formula is C16H35IN4O2. The van der Waals surface area contributed by atoms with Crippen molar-refractivity contribution in [1.29, 1.82) is 0 Å². The molecule has 3 N–H and O–H groups in total. The number of carbonyl (C=O) groups excluding carboxylic acids is 1. The van der Waals surface area contributed by atoms with E-state index in [9.17, 15) is 4.79 Å². The van der Waals surface area contributed by atoms with Crippen molar-refractivity contribution in [3.8, 4) is 0 Å². The highest BCUT2D eigenvalue weighted by Gasteiger charge is 2.27. The molecule has 0 aliphatic rings. The van der Waals surface area contributed by atoms with Gasteiger partial charge in [-0.3, -0.25) is 9.79 Å². The molecule has 0 aromatic rings. The molecule has 0 bridgehead atoms. The summed E-state index contributed by atoms with van der Waals surface area (Å²) in [5.41, 5.74) is -0.475. The third-order valence-electron chi connectivity index (χ3n) is 3.27. The zero-order chi connectivity index (χ0) is 16.8. The molecule has 6 nitrogen and oxygen atoms in total. The van der Waals surface area contributed by atoms with Crippen LogP contribution in [0, 0.1) is 5.41 Å². The Balaban J connectivity index is 0. The number of guanidine groups is 1. The van der Waals surface area contributed by atoms with E-state index >= 15 is 0 Å². The molecule has 0 atom stereocenters. The van der Waals surface area contributed by atoms with Gasteiger partial charge in [0.2, 0.25) is 5.91 Å². The maximum Gasteiger partial charge on any atom is 0.227 e. The maximum atomic E-state index is 11.9. The fraction of sp³-hybridized carbons (Fsp3) is 0.875. The van der Waals surface area contributed by atoms with Crippen LogP contribution < -0.4 is 16.0 Å². The van der Waals surface area contributed by atoms with Crippen LogP contribution in [-0.4, -0.2) is 51.8 Å². The zero-order valence-electron chi connectivity index (χ0n) is 15.3. The summed E-state index contributed by atoms with van der Waals surface area (Å²) in [4.78, 5) is 16.1. The van der Waals surface area contributed by atoms with E-state index in [1.807, 2.05) is 20.8 Å². The van der Waals surface area contributed by atoms with E-state index in [0.29, 0.717) is 19.0 Å². The topological polar surface area (TPSA) is 74.8 Å². The number of nitrogens with one attached hydrogen (secondary N) is 3. The Morgan fingerprint density at radius 3 is 2.30 bits per heavy atom. The average Bonchev–Trinajstić information content (AvgIpc) is 2.49. The van der Waals surface area contributed by atoms with Gasteiger partial charge in [-0.05, 0) is 33.6 Å². The first-order valence-electron chi connectivity index (χ1n) is 8.28. The fourth-order valence-electron chi connectivity index (χ4n) is 1.73. The minimum absolute atomic E-state index is 0. The molecule has 0 aromatic carbocycles. The summed E-state index contributed by atoms with van der Waals surface area (Å²) in [5, 5.41) is 9.28. The number of hydrogen-bond acceptors (Lipinski definition) is 3. The maximum absolute atomic E-state index is 11.9. The van der Waals surface area contributed by atoms with Gasteiger partial charge in [0.25, 0.3) is 0 Å². The lowest BCUT2D eigenvalue weighted by atomic mass is 9.92. The second-order valence-corrected chi connectivity index (χ2v) is 5.92. The molecule has 0 saturated carbocycles. The van der Waals surface area contributed by atoms with Gasteiger partial charge in [-0.25, -0.2) is 0 Å². The molecule has 0 rings (SSSR count). The molecule has 0 saturated heterocycles. The van der Waals surface area contributed by atoms with Crippen molar-refractivity contribution >= 4 is 35.8 Å². The van der Waals surface area contributed by atoms with Crippen molar-refractivity contribution in [2.45, 2.75) is 47.0 Å². The van der Waals surface area contributed by atoms with Gasteiger partial charge in [-0.1, -0.05) is 13.3 Å². The Labute approximate surface area is 158 Å². The van der Waals surface area contributed by atoms with Gasteiger partial charge in [0, 0.05) is 39.9 Å². The van der Waals surface area contributed by atoms with Crippen molar-refractivity contribution in [2.75, 3.05) is 39.9 Å². The smallest absolute Gasteiger partial charge is 0.227 e. The lowest BCUT2D eigenvalue weighted by Crippen LogP contribution is -2.48. The van der Waals surface area contributed by atoms with E-state index in [2.05, 4.69) is 27.9 Å². The number of halogens is 1. The van der Waals surface area contributed by atoms with Crippen molar-refractivity contribution in [1.82, 2.24) is 16.0 Å². The van der Waals surface area contributed by atoms with E-state index in [1.54, 1.807) is 7.05 Å². The van der Waals surface area contributed by atoms with Crippen molar-refractivity contribution < 1.29 is 9.53 Å². The SMILES string of the molecule is CCCCOCCCNC(=NC)NCC(C)(C)C(=O)NCC.I. The summed E-state index contributed by atoms with van der Waals surface area (Å²) in [7, 11) is 1.73. The van der Waals surface area contributed by atoms with Crippen LogP contribution >= 0.6 is 24.0 Å². The first kappa shape index (κ1) is 24.7. The summed E-state index contributed by atoms with van der Waals surface area (Å²) >= 11 is 0. The summed E-state index contributed by atoms with van der Waals surface area (Å²) < 4.78 is 5.51. The molecular weight excluding hydrogens is 407 g/mol. The Bertz CT molecular complexity index is 336. The van der Waals surface area contributed by atoms with E-state index in [4.69, 9.17) is 4.74 Å². The molecule has 0 aliphatic heterocycles. The molecule has 0 aromatic heterocycles. The summed E-state index contributed by atoms with van der Waals surface area (Å²) in [5.74, 6) is 0.758. The molecule has 0 fully saturated rings. The van der Waals surface area contributed by atoms with Crippen LogP contribution in [0.2, 0.25) is 0 Å². The zero-order valence-corrected chi connectivity index (χ0v) is 17.7. The van der Waals surface area contributed by atoms with Crippen LogP contribution in [0.1, 0.15) is 47.0 Å². The number of rotatable bonds is 11. The summed E-state index contributed by atoms with van der Waals surface area (Å²) in [6, 6.07) is 0. The largest absolute Gasteiger partial charge is 0.381 e. The molecule has 0 radical (unpaired) electrons. The number of hydrogen-bond donors (Lipinski definition) is 3. The van der Waals surface area contributed by atoms with Gasteiger partial charge in [-0.2, -0.15) is 0 Å². The third kappa shape index (κ3) is 12.5. The van der Waals surface area contributed by atoms with Crippen LogP contribution in [0.3, 0.4) is 0 Å². The van der Waals surface area contributed by atoms with Crippen LogP contribution in [-0.2, 0) is 9.53 Å². The fourth-order valence-corrected chi connectivity index (χ4v) is 1.73. The van der Waals surface area contributed by atoms with Crippen LogP contribution in [0.25, 0.3) is 0 Å². The van der Waals surface area contributed by atoms with Gasteiger partial charge in [0.1, 0.15) is 0 Å². The lowest BCUT2D eigenvalue weighted by molar-refractivity contribution is -0.128. The third-order valence-corrected chi connectivity index (χ3v) is 3.27. The molecule has 0 heterocycles. The predicted molar refractivity (Wildman–Crippen MR) is 108 cm³/mol. The van der Waals surface area contributed by atoms with Crippen molar-refractivity contribution in [3.63, 3.8) is 0 Å². The van der Waals surface area contributed by atoms with Gasteiger partial charge in [-0.15, -0.1) is 24.0 Å². The molecule has 7 heteroatoms. The molecule has 1 amide bonds. The Hall–Kier alpha value is -0.570. The standard InChI is InChI=1S/C16H34N4O2.HI/c1-6-8-11-22-12-9-10-19-15(17-5)20-13-16(3,4)14(21)18-7-2;/h6-13H2,1-5H3,(H,18,21)(H2,17,19,20);1H. The number of aliphatic imine (C=N–C) groups is 1. The van der Waals surface area contributed by atoms with E-state index in [-0.39, 0.29) is 29.9 Å². The Morgan fingerprint density at radius 1 is 1.09 bits per heavy atom. The predicted octanol–water partition coefficient (Wildman–Crippen LogP) is 2.14. The normalized spacial score (nSPS) is 11.6. The highest BCUT2D eigenvalue weighted by atomic mass is 127. The summed E-state index contributed by atoms with van der Waals surface area (Å²) in [6.07, 6.45) is 3.21. The molecule has 0 aliphatic carbocycles. The molecule has 0 spiro atoms. The van der Waals surface area contributed by atoms with Crippen molar-refractivity contribution in [3.05, 3.63) is 0 Å². The van der Waals surface area contributed by atoms with Gasteiger partial charge < -0.3 is 20.7 Å². The summed E-state index contributed by atoms with van der Waals surface area (Å²) in [6.45, 7) is 11.5. The quantitative estimate of drug-likeness (QED) is 0.198. The van der Waals surface area contributed by atoms with Crippen LogP contribution in [0.15, 0.2) is 4.99 Å². The van der Waals surface area contributed by atoms with Gasteiger partial charge in [0.15, 0.2) is 5.96 Å². The second kappa shape index (κ2) is 15.0. The average molecular weight is 442 g/mol. The van der Waals surface area contributed by atoms with Crippen LogP contribution in [0.5, 0.6) is 0 Å².